The molecule has 1 atom stereocenters. The van der Waals surface area contributed by atoms with Crippen LogP contribution >= 0.6 is 0 Å². The Morgan fingerprint density at radius 1 is 1.43 bits per heavy atom. The first-order valence-corrected chi connectivity index (χ1v) is 4.69. The van der Waals surface area contributed by atoms with Gasteiger partial charge in [-0.3, -0.25) is 0 Å². The Hall–Kier alpha value is -1.19. The van der Waals surface area contributed by atoms with Crippen molar-refractivity contribution in [2.75, 3.05) is 13.1 Å². The smallest absolute Gasteiger partial charge is 0.208 e. The van der Waals surface area contributed by atoms with Crippen molar-refractivity contribution < 1.29 is 8.78 Å². The summed E-state index contributed by atoms with van der Waals surface area (Å²) < 4.78 is 26.5. The summed E-state index contributed by atoms with van der Waals surface area (Å²) in [4.78, 5) is 5.59. The Kier molecular flexibility index (Phi) is 3.80. The van der Waals surface area contributed by atoms with Crippen molar-refractivity contribution in [3.8, 4) is 0 Å². The molecule has 0 radical (unpaired) electrons. The van der Waals surface area contributed by atoms with Gasteiger partial charge in [-0.05, 0) is 26.0 Å². The molecule has 1 aliphatic heterocycles. The molecule has 0 amide bonds. The Morgan fingerprint density at radius 3 is 2.64 bits per heavy atom. The van der Waals surface area contributed by atoms with E-state index in [-0.39, 0.29) is 5.84 Å². The van der Waals surface area contributed by atoms with Crippen LogP contribution in [0.5, 0.6) is 0 Å². The van der Waals surface area contributed by atoms with E-state index in [2.05, 4.69) is 4.99 Å². The fourth-order valence-electron chi connectivity index (χ4n) is 1.32. The molecule has 1 unspecified atom stereocenters. The van der Waals surface area contributed by atoms with E-state index >= 15 is 0 Å². The van der Waals surface area contributed by atoms with Crippen LogP contribution < -0.4 is 0 Å². The largest absolute Gasteiger partial charge is 0.358 e. The van der Waals surface area contributed by atoms with Crippen LogP contribution in [0.3, 0.4) is 0 Å². The lowest BCUT2D eigenvalue weighted by molar-refractivity contribution is 0.352. The molecule has 0 aromatic rings. The SMILES string of the molecule is CCN(CC)C1=NC=CC=C(F)C1F. The Bertz CT molecular complexity index is 278. The number of alkyl halides is 1. The number of amidine groups is 1. The van der Waals surface area contributed by atoms with Crippen LogP contribution in [0.15, 0.2) is 29.2 Å². The molecule has 4 heteroatoms. The van der Waals surface area contributed by atoms with E-state index in [1.165, 1.54) is 12.3 Å². The molecule has 0 saturated heterocycles. The minimum atomic E-state index is -1.73. The minimum Gasteiger partial charge on any atom is -0.358 e. The molecule has 0 aliphatic carbocycles. The highest BCUT2D eigenvalue weighted by Crippen LogP contribution is 2.16. The zero-order valence-electron chi connectivity index (χ0n) is 8.37. The van der Waals surface area contributed by atoms with Crippen LogP contribution in [0.25, 0.3) is 0 Å². The van der Waals surface area contributed by atoms with Gasteiger partial charge in [0.05, 0.1) is 0 Å². The maximum absolute atomic E-state index is 13.5. The van der Waals surface area contributed by atoms with Crippen molar-refractivity contribution in [1.82, 2.24) is 4.90 Å². The van der Waals surface area contributed by atoms with Gasteiger partial charge < -0.3 is 4.90 Å². The van der Waals surface area contributed by atoms with E-state index in [4.69, 9.17) is 0 Å². The monoisotopic (exact) mass is 200 g/mol. The summed E-state index contributed by atoms with van der Waals surface area (Å²) in [5.41, 5.74) is 0. The van der Waals surface area contributed by atoms with Gasteiger partial charge in [-0.25, -0.2) is 13.8 Å². The topological polar surface area (TPSA) is 15.6 Å². The van der Waals surface area contributed by atoms with Crippen molar-refractivity contribution in [1.29, 1.82) is 0 Å². The average molecular weight is 200 g/mol. The fourth-order valence-corrected chi connectivity index (χ4v) is 1.32. The summed E-state index contributed by atoms with van der Waals surface area (Å²) in [5, 5.41) is 0. The highest BCUT2D eigenvalue weighted by molar-refractivity contribution is 5.89. The van der Waals surface area contributed by atoms with Crippen molar-refractivity contribution in [3.05, 3.63) is 24.2 Å². The first-order chi connectivity index (χ1) is 6.70. The average Bonchev–Trinajstić information content (AvgIpc) is 2.35. The second kappa shape index (κ2) is 4.88. The van der Waals surface area contributed by atoms with Crippen LogP contribution in [0.2, 0.25) is 0 Å². The lowest BCUT2D eigenvalue weighted by Gasteiger charge is -2.23. The molecule has 0 saturated carbocycles. The molecule has 0 bridgehead atoms. The number of rotatable bonds is 2. The fraction of sp³-hybridized carbons (Fsp3) is 0.500. The van der Waals surface area contributed by atoms with Crippen molar-refractivity contribution in [2.24, 2.45) is 4.99 Å². The standard InChI is InChI=1S/C10H14F2N2/c1-3-14(4-2)10-9(12)8(11)6-5-7-13-10/h5-7,9H,3-4H2,1-2H3. The predicted molar refractivity (Wildman–Crippen MR) is 53.6 cm³/mol. The van der Waals surface area contributed by atoms with Gasteiger partial charge in [0.2, 0.25) is 6.17 Å². The van der Waals surface area contributed by atoms with E-state index in [0.29, 0.717) is 13.1 Å². The second-order valence-corrected chi connectivity index (χ2v) is 2.92. The van der Waals surface area contributed by atoms with Crippen molar-refractivity contribution in [2.45, 2.75) is 20.0 Å². The summed E-state index contributed by atoms with van der Waals surface area (Å²) in [6.07, 6.45) is 2.18. The molecule has 0 spiro atoms. The lowest BCUT2D eigenvalue weighted by atomic mass is 10.2. The van der Waals surface area contributed by atoms with Gasteiger partial charge >= 0.3 is 0 Å². The van der Waals surface area contributed by atoms with Crippen LogP contribution in [0, 0.1) is 0 Å². The van der Waals surface area contributed by atoms with Crippen LogP contribution in [0.4, 0.5) is 8.78 Å². The third-order valence-corrected chi connectivity index (χ3v) is 2.10. The molecular formula is C10H14F2N2. The third-order valence-electron chi connectivity index (χ3n) is 2.10. The number of halogens is 2. The Morgan fingerprint density at radius 2 is 2.07 bits per heavy atom. The Labute approximate surface area is 82.6 Å². The zero-order chi connectivity index (χ0) is 10.6. The molecule has 1 aliphatic rings. The van der Waals surface area contributed by atoms with Crippen molar-refractivity contribution in [3.63, 3.8) is 0 Å². The summed E-state index contributed by atoms with van der Waals surface area (Å²) >= 11 is 0. The molecule has 0 N–H and O–H groups in total. The molecule has 0 aromatic heterocycles. The maximum atomic E-state index is 13.5. The number of allylic oxidation sites excluding steroid dienone is 2. The van der Waals surface area contributed by atoms with Crippen LogP contribution in [0.1, 0.15) is 13.8 Å². The van der Waals surface area contributed by atoms with E-state index < -0.39 is 12.0 Å². The molecular weight excluding hydrogens is 186 g/mol. The Balaban J connectivity index is 2.91. The molecule has 78 valence electrons. The molecule has 1 rings (SSSR count). The van der Waals surface area contributed by atoms with E-state index in [0.717, 1.165) is 6.08 Å². The molecule has 1 heterocycles. The van der Waals surface area contributed by atoms with Gasteiger partial charge in [0.1, 0.15) is 11.7 Å². The van der Waals surface area contributed by atoms with E-state index in [1.807, 2.05) is 13.8 Å². The second-order valence-electron chi connectivity index (χ2n) is 2.92. The van der Waals surface area contributed by atoms with Crippen LogP contribution in [-0.4, -0.2) is 30.0 Å². The number of hydrogen-bond acceptors (Lipinski definition) is 2. The number of hydrogen-bond donors (Lipinski definition) is 0. The van der Waals surface area contributed by atoms with E-state index in [9.17, 15) is 8.78 Å². The van der Waals surface area contributed by atoms with Gasteiger partial charge in [-0.1, -0.05) is 0 Å². The molecule has 0 fully saturated rings. The van der Waals surface area contributed by atoms with E-state index in [1.54, 1.807) is 4.90 Å². The third kappa shape index (κ3) is 2.19. The zero-order valence-corrected chi connectivity index (χ0v) is 8.37. The van der Waals surface area contributed by atoms with Gasteiger partial charge in [0.15, 0.2) is 0 Å². The predicted octanol–water partition coefficient (Wildman–Crippen LogP) is 2.45. The quantitative estimate of drug-likeness (QED) is 0.668. The highest BCUT2D eigenvalue weighted by atomic mass is 19.2. The first kappa shape index (κ1) is 10.9. The van der Waals surface area contributed by atoms with Crippen molar-refractivity contribution >= 4 is 5.84 Å². The highest BCUT2D eigenvalue weighted by Gasteiger charge is 2.24. The van der Waals surface area contributed by atoms with Crippen LogP contribution in [-0.2, 0) is 0 Å². The summed E-state index contributed by atoms with van der Waals surface area (Å²) in [6, 6.07) is 0. The minimum absolute atomic E-state index is 0.150. The first-order valence-electron chi connectivity index (χ1n) is 4.69. The van der Waals surface area contributed by atoms with Gasteiger partial charge in [-0.15, -0.1) is 0 Å². The number of nitrogens with zero attached hydrogens (tertiary/aromatic N) is 2. The summed E-state index contributed by atoms with van der Waals surface area (Å²) in [6.45, 7) is 5.01. The van der Waals surface area contributed by atoms with Gasteiger partial charge in [0.25, 0.3) is 0 Å². The molecule has 0 aromatic carbocycles. The molecule has 14 heavy (non-hydrogen) atoms. The molecule has 2 nitrogen and oxygen atoms in total. The normalized spacial score (nSPS) is 21.3. The maximum Gasteiger partial charge on any atom is 0.208 e. The lowest BCUT2D eigenvalue weighted by Crippen LogP contribution is -2.37. The summed E-state index contributed by atoms with van der Waals surface area (Å²) in [7, 11) is 0. The van der Waals surface area contributed by atoms with Gasteiger partial charge in [-0.2, -0.15) is 0 Å². The summed E-state index contributed by atoms with van der Waals surface area (Å²) in [5.74, 6) is -0.637. The van der Waals surface area contributed by atoms with Gasteiger partial charge in [0, 0.05) is 19.3 Å². The number of aliphatic imine (C=N–C) groups is 1.